The summed E-state index contributed by atoms with van der Waals surface area (Å²) in [5.74, 6) is 0.0477. The van der Waals surface area contributed by atoms with E-state index >= 15 is 0 Å². The van der Waals surface area contributed by atoms with Gasteiger partial charge in [0.2, 0.25) is 0 Å². The molecule has 0 spiro atoms. The average Bonchev–Trinajstić information content (AvgIpc) is 2.79. The second kappa shape index (κ2) is 14.1. The predicted molar refractivity (Wildman–Crippen MR) is 156 cm³/mol. The van der Waals surface area contributed by atoms with Gasteiger partial charge in [-0.2, -0.15) is 0 Å². The van der Waals surface area contributed by atoms with Crippen molar-refractivity contribution in [3.05, 3.63) is 51.8 Å². The molecule has 1 aromatic carbocycles. The molecule has 2 aromatic rings. The maximum Gasteiger partial charge on any atom is 0.530 e. The summed E-state index contributed by atoms with van der Waals surface area (Å²) < 4.78 is 36.2. The lowest BCUT2D eigenvalue weighted by atomic mass is 10.2. The van der Waals surface area contributed by atoms with Gasteiger partial charge in [0.15, 0.2) is 6.29 Å². The molecule has 0 unspecified atom stereocenters. The first-order valence-electron chi connectivity index (χ1n) is 12.0. The number of carbonyl (C=O) groups is 2. The van der Waals surface area contributed by atoms with Gasteiger partial charge in [-0.05, 0) is 30.3 Å². The number of aromatic nitrogens is 1. The first kappa shape index (κ1) is 32.5. The predicted octanol–water partition coefficient (Wildman–Crippen LogP) is 8.15. The number of aldehydes is 1. The highest BCUT2D eigenvalue weighted by molar-refractivity contribution is 7.49. The van der Waals surface area contributed by atoms with Crippen molar-refractivity contribution in [2.75, 3.05) is 18.5 Å². The third-order valence-corrected chi connectivity index (χ3v) is 10.6. The van der Waals surface area contributed by atoms with E-state index < -0.39 is 30.1 Å². The zero-order valence-corrected chi connectivity index (χ0v) is 26.9. The van der Waals surface area contributed by atoms with Crippen molar-refractivity contribution in [1.29, 1.82) is 0 Å². The summed E-state index contributed by atoms with van der Waals surface area (Å²) in [6.07, 6.45) is 1.09. The number of phosphoric acid groups is 1. The average molecular weight is 622 g/mol. The molecule has 0 fully saturated rings. The lowest BCUT2D eigenvalue weighted by Gasteiger charge is -2.23. The Kier molecular flexibility index (Phi) is 12.0. The number of nitrogens with zero attached hydrogens (tertiary/aromatic N) is 1. The minimum absolute atomic E-state index is 0.0477. The molecule has 2 rings (SSSR count). The largest absolute Gasteiger partial charge is 0.530 e. The van der Waals surface area contributed by atoms with Crippen molar-refractivity contribution in [2.24, 2.45) is 0 Å². The van der Waals surface area contributed by atoms with Gasteiger partial charge in [0.1, 0.15) is 18.1 Å². The van der Waals surface area contributed by atoms with Crippen LogP contribution in [0.3, 0.4) is 0 Å². The molecule has 0 bridgehead atoms. The van der Waals surface area contributed by atoms with Gasteiger partial charge in [0, 0.05) is 34.0 Å². The lowest BCUT2D eigenvalue weighted by Crippen LogP contribution is -2.23. The molecule has 14 heteroatoms. The van der Waals surface area contributed by atoms with Crippen LogP contribution in [0.1, 0.15) is 16.1 Å². The van der Waals surface area contributed by atoms with Gasteiger partial charge >= 0.3 is 13.9 Å². The molecule has 1 aromatic heterocycles. The van der Waals surface area contributed by atoms with Crippen molar-refractivity contribution in [3.8, 4) is 5.75 Å². The Bertz CT molecular complexity index is 1150. The number of benzene rings is 1. The Morgan fingerprint density at radius 1 is 1.03 bits per heavy atom. The van der Waals surface area contributed by atoms with E-state index in [0.29, 0.717) is 11.8 Å². The number of pyridine rings is 1. The van der Waals surface area contributed by atoms with Gasteiger partial charge in [-0.1, -0.05) is 62.5 Å². The van der Waals surface area contributed by atoms with E-state index in [1.807, 2.05) is 0 Å². The monoisotopic (exact) mass is 620 g/mol. The van der Waals surface area contributed by atoms with Crippen LogP contribution in [-0.2, 0) is 25.0 Å². The Hall–Kier alpha value is -1.73. The van der Waals surface area contributed by atoms with Crippen molar-refractivity contribution in [1.82, 2.24) is 4.98 Å². The van der Waals surface area contributed by atoms with E-state index in [1.54, 1.807) is 6.07 Å². The van der Waals surface area contributed by atoms with E-state index in [2.05, 4.69) is 49.6 Å². The lowest BCUT2D eigenvalue weighted by molar-refractivity contribution is 0.111. The Labute approximate surface area is 236 Å². The number of halogens is 2. The number of ether oxygens (including phenoxy) is 1. The Morgan fingerprint density at radius 2 is 1.61 bits per heavy atom. The van der Waals surface area contributed by atoms with E-state index in [4.69, 9.17) is 41.5 Å². The third-order valence-electron chi connectivity index (χ3n) is 5.06. The van der Waals surface area contributed by atoms with E-state index in [1.165, 1.54) is 24.4 Å². The highest BCUT2D eigenvalue weighted by atomic mass is 35.5. The number of carbonyl (C=O) groups excluding carboxylic acids is 2. The first-order chi connectivity index (χ1) is 17.6. The zero-order valence-electron chi connectivity index (χ0n) is 22.5. The molecule has 1 amide bonds. The van der Waals surface area contributed by atoms with Gasteiger partial charge < -0.3 is 9.26 Å². The summed E-state index contributed by atoms with van der Waals surface area (Å²) >= 11 is 12.4. The molecule has 0 aliphatic heterocycles. The second-order valence-electron chi connectivity index (χ2n) is 11.0. The third kappa shape index (κ3) is 11.6. The van der Waals surface area contributed by atoms with Crippen LogP contribution in [0.15, 0.2) is 30.5 Å². The van der Waals surface area contributed by atoms with Crippen LogP contribution >= 0.6 is 31.0 Å². The molecule has 9 nitrogen and oxygen atoms in total. The summed E-state index contributed by atoms with van der Waals surface area (Å²) in [6.45, 7) is 13.2. The van der Waals surface area contributed by atoms with Crippen LogP contribution in [0.5, 0.6) is 5.75 Å². The maximum absolute atomic E-state index is 13.7. The van der Waals surface area contributed by atoms with Crippen molar-refractivity contribution in [2.45, 2.75) is 58.0 Å². The van der Waals surface area contributed by atoms with E-state index in [-0.39, 0.29) is 47.0 Å². The molecule has 0 aliphatic carbocycles. The number of hydrogen-bond donors (Lipinski definition) is 1. The topological polar surface area (TPSA) is 113 Å². The summed E-state index contributed by atoms with van der Waals surface area (Å²) in [5.41, 5.74) is 0.531. The van der Waals surface area contributed by atoms with Crippen LogP contribution in [-0.4, -0.2) is 46.7 Å². The molecular formula is C24H35Cl2N2O7PSi2. The molecule has 1 heterocycles. The van der Waals surface area contributed by atoms with Crippen LogP contribution in [0.2, 0.25) is 61.4 Å². The highest BCUT2D eigenvalue weighted by Crippen LogP contribution is 2.51. The van der Waals surface area contributed by atoms with Crippen LogP contribution in [0, 0.1) is 0 Å². The molecule has 1 N–H and O–H groups in total. The van der Waals surface area contributed by atoms with E-state index in [9.17, 15) is 14.2 Å². The smallest absolute Gasteiger partial charge is 0.444 e. The first-order valence-corrected chi connectivity index (χ1v) is 21.6. The maximum atomic E-state index is 13.7. The van der Waals surface area contributed by atoms with Gasteiger partial charge in [0.05, 0.1) is 28.9 Å². The number of nitrogens with one attached hydrogen (secondary N) is 1. The van der Waals surface area contributed by atoms with Gasteiger partial charge in [0.25, 0.3) is 0 Å². The van der Waals surface area contributed by atoms with Crippen LogP contribution in [0.25, 0.3) is 0 Å². The molecule has 210 valence electrons. The van der Waals surface area contributed by atoms with Crippen molar-refractivity contribution in [3.63, 3.8) is 0 Å². The molecule has 0 radical (unpaired) electrons. The normalized spacial score (nSPS) is 12.2. The van der Waals surface area contributed by atoms with Crippen molar-refractivity contribution >= 4 is 65.2 Å². The minimum atomic E-state index is -4.05. The SMILES string of the molecule is C[Si](C)(C)CCOP(=O)(OCC[Si](C)(C)C)Oc1cc(Cl)c(Cl)cc1COC(=O)Nc1cccnc1C=O. The Morgan fingerprint density at radius 3 is 2.16 bits per heavy atom. The van der Waals surface area contributed by atoms with E-state index in [0.717, 1.165) is 12.1 Å². The number of anilines is 1. The van der Waals surface area contributed by atoms with Gasteiger partial charge in [-0.25, -0.2) is 9.36 Å². The molecule has 0 atom stereocenters. The van der Waals surface area contributed by atoms with Crippen LogP contribution < -0.4 is 9.84 Å². The zero-order chi connectivity index (χ0) is 28.6. The Balaban J connectivity index is 2.22. The fourth-order valence-corrected chi connectivity index (χ4v) is 6.14. The second-order valence-corrected chi connectivity index (χ2v) is 24.6. The fraction of sp³-hybridized carbons (Fsp3) is 0.458. The molecule has 38 heavy (non-hydrogen) atoms. The number of phosphoric ester groups is 1. The summed E-state index contributed by atoms with van der Waals surface area (Å²) in [5, 5.41) is 2.79. The quantitative estimate of drug-likeness (QED) is 0.128. The molecular weight excluding hydrogens is 586 g/mol. The fourth-order valence-electron chi connectivity index (χ4n) is 2.81. The molecule has 0 aliphatic rings. The number of hydrogen-bond acceptors (Lipinski definition) is 8. The number of amides is 1. The standard InChI is InChI=1S/C24H35Cl2N2O7PSi2/c1-37(2,3)12-10-33-36(31,34-11-13-38(4,5)6)35-23-15-20(26)19(25)14-18(23)17-32-24(30)28-21-8-7-9-27-22(21)16-29/h7-9,14-16H,10-13,17H2,1-6H3,(H,28,30). The summed E-state index contributed by atoms with van der Waals surface area (Å²) in [4.78, 5) is 27.4. The minimum Gasteiger partial charge on any atom is -0.444 e. The van der Waals surface area contributed by atoms with Gasteiger partial charge in [-0.3, -0.25) is 24.1 Å². The number of rotatable bonds is 14. The summed E-state index contributed by atoms with van der Waals surface area (Å²) in [6, 6.07) is 7.41. The molecule has 0 saturated heterocycles. The molecule has 0 saturated carbocycles. The highest BCUT2D eigenvalue weighted by Gasteiger charge is 2.32. The van der Waals surface area contributed by atoms with Gasteiger partial charge in [-0.15, -0.1) is 0 Å². The summed E-state index contributed by atoms with van der Waals surface area (Å²) in [7, 11) is -7.01. The van der Waals surface area contributed by atoms with Crippen LogP contribution in [0.4, 0.5) is 10.5 Å². The van der Waals surface area contributed by atoms with Crippen molar-refractivity contribution < 1.29 is 32.5 Å².